The van der Waals surface area contributed by atoms with E-state index in [4.69, 9.17) is 5.73 Å². The first-order valence-electron chi connectivity index (χ1n) is 5.31. The molecule has 0 bridgehead atoms. The van der Waals surface area contributed by atoms with E-state index in [0.717, 1.165) is 13.0 Å². The van der Waals surface area contributed by atoms with Crippen molar-refractivity contribution in [2.45, 2.75) is 32.4 Å². The molecule has 3 nitrogen and oxygen atoms in total. The second-order valence-electron chi connectivity index (χ2n) is 4.26. The Morgan fingerprint density at radius 2 is 2.15 bits per heavy atom. The molecule has 0 aromatic heterocycles. The van der Waals surface area contributed by atoms with Crippen LogP contribution in [0.15, 0.2) is 0 Å². The van der Waals surface area contributed by atoms with Crippen LogP contribution in [0.2, 0.25) is 0 Å². The number of nitrogens with zero attached hydrogens (tertiary/aromatic N) is 2. The maximum absolute atomic E-state index is 5.93. The van der Waals surface area contributed by atoms with Gasteiger partial charge < -0.3 is 10.6 Å². The van der Waals surface area contributed by atoms with Crippen LogP contribution in [0.25, 0.3) is 0 Å². The van der Waals surface area contributed by atoms with E-state index in [1.807, 2.05) is 0 Å². The van der Waals surface area contributed by atoms with E-state index >= 15 is 0 Å². The highest BCUT2D eigenvalue weighted by molar-refractivity contribution is 4.78. The average Bonchev–Trinajstić information content (AvgIpc) is 2.11. The van der Waals surface area contributed by atoms with Crippen LogP contribution in [0.4, 0.5) is 0 Å². The quantitative estimate of drug-likeness (QED) is 0.689. The molecule has 13 heavy (non-hydrogen) atoms. The lowest BCUT2D eigenvalue weighted by atomic mass is 10.1. The Kier molecular flexibility index (Phi) is 4.16. The average molecular weight is 185 g/mol. The van der Waals surface area contributed by atoms with Crippen molar-refractivity contribution in [1.29, 1.82) is 0 Å². The van der Waals surface area contributed by atoms with Crippen molar-refractivity contribution in [2.75, 3.05) is 33.2 Å². The van der Waals surface area contributed by atoms with Crippen molar-refractivity contribution in [3.63, 3.8) is 0 Å². The van der Waals surface area contributed by atoms with Gasteiger partial charge in [-0.1, -0.05) is 6.92 Å². The highest BCUT2D eigenvalue weighted by atomic mass is 15.3. The molecule has 1 aliphatic rings. The van der Waals surface area contributed by atoms with Crippen LogP contribution in [0, 0.1) is 0 Å². The number of nitrogens with two attached hydrogens (primary N) is 1. The minimum absolute atomic E-state index is 0.357. The van der Waals surface area contributed by atoms with E-state index in [9.17, 15) is 0 Å². The monoisotopic (exact) mass is 185 g/mol. The summed E-state index contributed by atoms with van der Waals surface area (Å²) in [6.07, 6.45) is 1.08. The number of hydrogen-bond acceptors (Lipinski definition) is 3. The molecule has 2 atom stereocenters. The first-order valence-corrected chi connectivity index (χ1v) is 5.31. The molecule has 0 spiro atoms. The van der Waals surface area contributed by atoms with Crippen LogP contribution in [0.1, 0.15) is 20.3 Å². The summed E-state index contributed by atoms with van der Waals surface area (Å²) in [7, 11) is 2.20. The molecule has 2 N–H and O–H groups in total. The predicted molar refractivity (Wildman–Crippen MR) is 56.8 cm³/mol. The molecule has 2 unspecified atom stereocenters. The first-order chi connectivity index (χ1) is 6.13. The fourth-order valence-corrected chi connectivity index (χ4v) is 1.75. The minimum atomic E-state index is 0.357. The van der Waals surface area contributed by atoms with Gasteiger partial charge in [0.1, 0.15) is 0 Å². The van der Waals surface area contributed by atoms with E-state index in [1.54, 1.807) is 0 Å². The van der Waals surface area contributed by atoms with Crippen molar-refractivity contribution < 1.29 is 0 Å². The Bertz CT molecular complexity index is 147. The maximum atomic E-state index is 5.93. The molecule has 1 saturated heterocycles. The van der Waals surface area contributed by atoms with Crippen molar-refractivity contribution >= 4 is 0 Å². The SMILES string of the molecule is CCC(N)CN1CCN(C)C(C)C1. The molecule has 78 valence electrons. The Morgan fingerprint density at radius 1 is 1.46 bits per heavy atom. The Labute approximate surface area is 81.9 Å². The number of likely N-dealkylation sites (N-methyl/N-ethyl adjacent to an activating group) is 1. The molecule has 0 aromatic rings. The van der Waals surface area contributed by atoms with Gasteiger partial charge in [-0.2, -0.15) is 0 Å². The molecule has 0 saturated carbocycles. The lowest BCUT2D eigenvalue weighted by Crippen LogP contribution is -2.52. The van der Waals surface area contributed by atoms with Gasteiger partial charge in [-0.15, -0.1) is 0 Å². The highest BCUT2D eigenvalue weighted by Gasteiger charge is 2.21. The van der Waals surface area contributed by atoms with Crippen molar-refractivity contribution in [3.8, 4) is 0 Å². The zero-order valence-electron chi connectivity index (χ0n) is 9.16. The fourth-order valence-electron chi connectivity index (χ4n) is 1.75. The number of rotatable bonds is 3. The maximum Gasteiger partial charge on any atom is 0.0192 e. The molecular weight excluding hydrogens is 162 g/mol. The minimum Gasteiger partial charge on any atom is -0.327 e. The van der Waals surface area contributed by atoms with E-state index in [0.29, 0.717) is 12.1 Å². The summed E-state index contributed by atoms with van der Waals surface area (Å²) in [4.78, 5) is 4.90. The largest absolute Gasteiger partial charge is 0.327 e. The third-order valence-corrected chi connectivity index (χ3v) is 3.06. The Balaban J connectivity index is 2.29. The van der Waals surface area contributed by atoms with Gasteiger partial charge in [0.2, 0.25) is 0 Å². The molecule has 3 heteroatoms. The van der Waals surface area contributed by atoms with E-state index < -0.39 is 0 Å². The predicted octanol–water partition coefficient (Wildman–Crippen LogP) is 0.360. The molecular formula is C10H23N3. The first kappa shape index (κ1) is 11.0. The topological polar surface area (TPSA) is 32.5 Å². The van der Waals surface area contributed by atoms with Crippen LogP contribution >= 0.6 is 0 Å². The molecule has 1 fully saturated rings. The third kappa shape index (κ3) is 3.25. The van der Waals surface area contributed by atoms with Crippen LogP contribution in [0.5, 0.6) is 0 Å². The smallest absolute Gasteiger partial charge is 0.0192 e. The van der Waals surface area contributed by atoms with Gasteiger partial charge in [0.15, 0.2) is 0 Å². The second kappa shape index (κ2) is 4.94. The summed E-state index contributed by atoms with van der Waals surface area (Å²) in [6.45, 7) is 9.03. The number of hydrogen-bond donors (Lipinski definition) is 1. The van der Waals surface area contributed by atoms with Crippen molar-refractivity contribution in [2.24, 2.45) is 5.73 Å². The molecule has 0 amide bonds. The van der Waals surface area contributed by atoms with Gasteiger partial charge in [-0.05, 0) is 20.4 Å². The van der Waals surface area contributed by atoms with Crippen LogP contribution in [-0.2, 0) is 0 Å². The zero-order valence-corrected chi connectivity index (χ0v) is 9.16. The van der Waals surface area contributed by atoms with Gasteiger partial charge in [0.25, 0.3) is 0 Å². The normalized spacial score (nSPS) is 29.1. The van der Waals surface area contributed by atoms with Gasteiger partial charge in [-0.25, -0.2) is 0 Å². The molecule has 1 rings (SSSR count). The summed E-state index contributed by atoms with van der Waals surface area (Å²) in [5.41, 5.74) is 5.93. The van der Waals surface area contributed by atoms with Gasteiger partial charge in [0.05, 0.1) is 0 Å². The van der Waals surface area contributed by atoms with Crippen LogP contribution in [-0.4, -0.2) is 55.1 Å². The van der Waals surface area contributed by atoms with E-state index in [2.05, 4.69) is 30.7 Å². The van der Waals surface area contributed by atoms with Crippen LogP contribution < -0.4 is 5.73 Å². The summed E-state index contributed by atoms with van der Waals surface area (Å²) in [5, 5.41) is 0. The molecule has 1 aliphatic heterocycles. The molecule has 1 heterocycles. The Hall–Kier alpha value is -0.120. The van der Waals surface area contributed by atoms with Crippen molar-refractivity contribution in [3.05, 3.63) is 0 Å². The summed E-state index contributed by atoms with van der Waals surface area (Å²) in [5.74, 6) is 0. The van der Waals surface area contributed by atoms with Gasteiger partial charge in [0, 0.05) is 38.3 Å². The summed E-state index contributed by atoms with van der Waals surface area (Å²) in [6, 6.07) is 1.04. The van der Waals surface area contributed by atoms with Crippen molar-refractivity contribution in [1.82, 2.24) is 9.80 Å². The lowest BCUT2D eigenvalue weighted by molar-refractivity contribution is 0.100. The Morgan fingerprint density at radius 3 is 2.69 bits per heavy atom. The standard InChI is InChI=1S/C10H23N3/c1-4-10(11)8-13-6-5-12(3)9(2)7-13/h9-10H,4-8,11H2,1-3H3. The molecule has 0 radical (unpaired) electrons. The summed E-state index contributed by atoms with van der Waals surface area (Å²) >= 11 is 0. The molecule has 0 aliphatic carbocycles. The van der Waals surface area contributed by atoms with E-state index in [-0.39, 0.29) is 0 Å². The van der Waals surface area contributed by atoms with Crippen LogP contribution in [0.3, 0.4) is 0 Å². The number of piperazine rings is 1. The van der Waals surface area contributed by atoms with Gasteiger partial charge in [-0.3, -0.25) is 4.90 Å². The third-order valence-electron chi connectivity index (χ3n) is 3.06. The zero-order chi connectivity index (χ0) is 9.84. The lowest BCUT2D eigenvalue weighted by Gasteiger charge is -2.38. The second-order valence-corrected chi connectivity index (χ2v) is 4.26. The fraction of sp³-hybridized carbons (Fsp3) is 1.00. The summed E-state index contributed by atoms with van der Waals surface area (Å²) < 4.78 is 0. The van der Waals surface area contributed by atoms with E-state index in [1.165, 1.54) is 19.6 Å². The molecule has 0 aromatic carbocycles. The highest BCUT2D eigenvalue weighted by Crippen LogP contribution is 2.07. The van der Waals surface area contributed by atoms with Gasteiger partial charge >= 0.3 is 0 Å².